The van der Waals surface area contributed by atoms with Crippen molar-refractivity contribution in [1.29, 1.82) is 0 Å². The molecule has 0 bridgehead atoms. The second-order valence-electron chi connectivity index (χ2n) is 2.31. The fourth-order valence-corrected chi connectivity index (χ4v) is 0.968. The molecule has 0 unspecified atom stereocenters. The second kappa shape index (κ2) is 2.51. The van der Waals surface area contributed by atoms with Crippen LogP contribution >= 0.6 is 0 Å². The summed E-state index contributed by atoms with van der Waals surface area (Å²) >= 11 is 0. The van der Waals surface area contributed by atoms with E-state index >= 15 is 0 Å². The van der Waals surface area contributed by atoms with Gasteiger partial charge in [0, 0.05) is 12.4 Å². The van der Waals surface area contributed by atoms with E-state index in [0.29, 0.717) is 5.65 Å². The average molecular weight is 169 g/mol. The van der Waals surface area contributed by atoms with Crippen molar-refractivity contribution in [3.05, 3.63) is 30.5 Å². The first kappa shape index (κ1) is 7.15. The third kappa shape index (κ3) is 1.03. The van der Waals surface area contributed by atoms with E-state index in [4.69, 9.17) is 0 Å². The van der Waals surface area contributed by atoms with Gasteiger partial charge in [0.2, 0.25) is 0 Å². The van der Waals surface area contributed by atoms with E-state index in [2.05, 4.69) is 9.97 Å². The molecule has 0 atom stereocenters. The number of rotatable bonds is 1. The Hall–Kier alpha value is -1.52. The van der Waals surface area contributed by atoms with E-state index in [1.807, 2.05) is 0 Å². The number of hydrogen-bond donors (Lipinski definition) is 0. The molecule has 2 aromatic rings. The zero-order valence-electron chi connectivity index (χ0n) is 5.98. The molecule has 0 aliphatic rings. The van der Waals surface area contributed by atoms with Gasteiger partial charge in [-0.2, -0.15) is 0 Å². The van der Waals surface area contributed by atoms with Crippen LogP contribution in [0.25, 0.3) is 5.65 Å². The van der Waals surface area contributed by atoms with Crippen LogP contribution in [-0.2, 0) is 0 Å². The third-order valence-electron chi connectivity index (χ3n) is 1.50. The molecule has 0 aromatic carbocycles. The van der Waals surface area contributed by atoms with Crippen LogP contribution in [0.4, 0.5) is 8.78 Å². The number of halogens is 2. The molecule has 2 aromatic heterocycles. The van der Waals surface area contributed by atoms with E-state index in [9.17, 15) is 8.78 Å². The Labute approximate surface area is 66.7 Å². The minimum atomic E-state index is -2.52. The summed E-state index contributed by atoms with van der Waals surface area (Å²) in [5, 5.41) is 0. The molecule has 0 fully saturated rings. The van der Waals surface area contributed by atoms with E-state index in [1.54, 1.807) is 6.07 Å². The van der Waals surface area contributed by atoms with Crippen molar-refractivity contribution >= 4 is 5.65 Å². The predicted octanol–water partition coefficient (Wildman–Crippen LogP) is 1.67. The smallest absolute Gasteiger partial charge is 0.281 e. The van der Waals surface area contributed by atoms with Crippen LogP contribution in [0.3, 0.4) is 0 Å². The van der Waals surface area contributed by atoms with Crippen LogP contribution in [0.15, 0.2) is 24.8 Å². The van der Waals surface area contributed by atoms with Gasteiger partial charge in [-0.05, 0) is 6.07 Å². The van der Waals surface area contributed by atoms with Gasteiger partial charge in [0.05, 0.1) is 0 Å². The summed E-state index contributed by atoms with van der Waals surface area (Å²) in [5.74, 6) is 0. The zero-order chi connectivity index (χ0) is 8.55. The molecule has 2 heterocycles. The Morgan fingerprint density at radius 1 is 1.42 bits per heavy atom. The molecule has 0 aliphatic heterocycles. The van der Waals surface area contributed by atoms with Gasteiger partial charge in [-0.3, -0.25) is 4.40 Å². The topological polar surface area (TPSA) is 30.2 Å². The Morgan fingerprint density at radius 2 is 2.25 bits per heavy atom. The van der Waals surface area contributed by atoms with Crippen LogP contribution in [0, 0.1) is 0 Å². The molecule has 0 saturated carbocycles. The second-order valence-corrected chi connectivity index (χ2v) is 2.31. The van der Waals surface area contributed by atoms with Crippen molar-refractivity contribution in [2.75, 3.05) is 0 Å². The lowest BCUT2D eigenvalue weighted by atomic mass is 10.5. The molecule has 0 N–H and O–H groups in total. The SMILES string of the molecule is FC(F)c1cn2cnccc2n1. The van der Waals surface area contributed by atoms with E-state index < -0.39 is 6.43 Å². The van der Waals surface area contributed by atoms with Crippen LogP contribution in [-0.4, -0.2) is 14.4 Å². The highest BCUT2D eigenvalue weighted by Crippen LogP contribution is 2.17. The molecule has 62 valence electrons. The minimum absolute atomic E-state index is 0.219. The number of hydrogen-bond acceptors (Lipinski definition) is 2. The zero-order valence-corrected chi connectivity index (χ0v) is 5.98. The fraction of sp³-hybridized carbons (Fsp3) is 0.143. The normalized spacial score (nSPS) is 11.2. The van der Waals surface area contributed by atoms with Gasteiger partial charge in [-0.25, -0.2) is 18.7 Å². The highest BCUT2D eigenvalue weighted by molar-refractivity contribution is 5.37. The predicted molar refractivity (Wildman–Crippen MR) is 37.9 cm³/mol. The first-order chi connectivity index (χ1) is 5.77. The maximum absolute atomic E-state index is 12.1. The quantitative estimate of drug-likeness (QED) is 0.649. The molecule has 0 saturated heterocycles. The molecule has 5 heteroatoms. The summed E-state index contributed by atoms with van der Waals surface area (Å²) in [4.78, 5) is 7.45. The summed E-state index contributed by atoms with van der Waals surface area (Å²) in [6.07, 6.45) is 1.70. The molecule has 0 spiro atoms. The number of alkyl halides is 2. The van der Waals surface area contributed by atoms with Gasteiger partial charge in [-0.15, -0.1) is 0 Å². The molecule has 2 rings (SSSR count). The largest absolute Gasteiger partial charge is 0.290 e. The molecular formula is C7H5F2N3. The van der Waals surface area contributed by atoms with Crippen LogP contribution in [0.2, 0.25) is 0 Å². The maximum Gasteiger partial charge on any atom is 0.281 e. The summed E-state index contributed by atoms with van der Waals surface area (Å²) in [5.41, 5.74) is 0.267. The molecular weight excluding hydrogens is 164 g/mol. The Bertz CT molecular complexity index is 363. The van der Waals surface area contributed by atoms with Crippen molar-refractivity contribution in [3.8, 4) is 0 Å². The van der Waals surface area contributed by atoms with Gasteiger partial charge in [0.15, 0.2) is 0 Å². The summed E-state index contributed by atoms with van der Waals surface area (Å²) < 4.78 is 25.7. The van der Waals surface area contributed by atoms with Crippen molar-refractivity contribution in [1.82, 2.24) is 14.4 Å². The lowest BCUT2D eigenvalue weighted by Gasteiger charge is -1.86. The first-order valence-electron chi connectivity index (χ1n) is 3.34. The molecule has 0 amide bonds. The molecule has 3 nitrogen and oxygen atoms in total. The lowest BCUT2D eigenvalue weighted by molar-refractivity contribution is 0.147. The first-order valence-corrected chi connectivity index (χ1v) is 3.34. The number of fused-ring (bicyclic) bond motifs is 1. The third-order valence-corrected chi connectivity index (χ3v) is 1.50. The van der Waals surface area contributed by atoms with Gasteiger partial charge in [-0.1, -0.05) is 0 Å². The van der Waals surface area contributed by atoms with Crippen molar-refractivity contribution < 1.29 is 8.78 Å². The number of nitrogens with zero attached hydrogens (tertiary/aromatic N) is 3. The van der Waals surface area contributed by atoms with Crippen molar-refractivity contribution in [3.63, 3.8) is 0 Å². The maximum atomic E-state index is 12.1. The van der Waals surface area contributed by atoms with Gasteiger partial charge in [0.25, 0.3) is 6.43 Å². The Morgan fingerprint density at radius 3 is 2.92 bits per heavy atom. The van der Waals surface area contributed by atoms with Gasteiger partial charge >= 0.3 is 0 Å². The van der Waals surface area contributed by atoms with Crippen LogP contribution < -0.4 is 0 Å². The molecule has 0 aliphatic carbocycles. The standard InChI is InChI=1S/C7H5F2N3/c8-7(9)5-3-12-4-10-2-1-6(12)11-5/h1-4,7H. The van der Waals surface area contributed by atoms with E-state index in [1.165, 1.54) is 23.1 Å². The summed E-state index contributed by atoms with van der Waals surface area (Å²) in [7, 11) is 0. The molecule has 0 radical (unpaired) electrons. The van der Waals surface area contributed by atoms with E-state index in [0.717, 1.165) is 0 Å². The van der Waals surface area contributed by atoms with Crippen molar-refractivity contribution in [2.45, 2.75) is 6.43 Å². The number of aromatic nitrogens is 3. The Kier molecular flexibility index (Phi) is 1.49. The average Bonchev–Trinajstić information content (AvgIpc) is 2.46. The summed E-state index contributed by atoms with van der Waals surface area (Å²) in [6.45, 7) is 0. The highest BCUT2D eigenvalue weighted by Gasteiger charge is 2.10. The van der Waals surface area contributed by atoms with Gasteiger partial charge < -0.3 is 0 Å². The van der Waals surface area contributed by atoms with Crippen LogP contribution in [0.1, 0.15) is 12.1 Å². The van der Waals surface area contributed by atoms with Crippen LogP contribution in [0.5, 0.6) is 0 Å². The van der Waals surface area contributed by atoms with E-state index in [-0.39, 0.29) is 5.69 Å². The van der Waals surface area contributed by atoms with Gasteiger partial charge in [0.1, 0.15) is 17.7 Å². The summed E-state index contributed by atoms with van der Waals surface area (Å²) in [6, 6.07) is 1.58. The lowest BCUT2D eigenvalue weighted by Crippen LogP contribution is -1.81. The van der Waals surface area contributed by atoms with Crippen molar-refractivity contribution in [2.24, 2.45) is 0 Å². The molecule has 12 heavy (non-hydrogen) atoms. The number of imidazole rings is 1. The Balaban J connectivity index is 2.62. The monoisotopic (exact) mass is 169 g/mol. The minimum Gasteiger partial charge on any atom is -0.290 e. The highest BCUT2D eigenvalue weighted by atomic mass is 19.3. The fourth-order valence-electron chi connectivity index (χ4n) is 0.968.